The molecular weight excluding hydrogens is 354 g/mol. The molecule has 2 heterocycles. The number of likely N-dealkylation sites (tertiary alicyclic amines) is 1. The smallest absolute Gasteiger partial charge is 0.224 e. The number of β-amino-alcohol motifs (C(OH)–C–C–N with tert-alkyl or cyclic N) is 1. The van der Waals surface area contributed by atoms with Crippen LogP contribution in [0.3, 0.4) is 0 Å². The fraction of sp³-hybridized carbons (Fsp3) is 0.579. The van der Waals surface area contributed by atoms with Crippen molar-refractivity contribution >= 4 is 24.2 Å². The number of aliphatic hydroxyl groups excluding tert-OH is 1. The van der Waals surface area contributed by atoms with Crippen LogP contribution in [0.1, 0.15) is 31.7 Å². The average Bonchev–Trinajstić information content (AvgIpc) is 2.64. The molecule has 0 radical (unpaired) electrons. The lowest BCUT2D eigenvalue weighted by molar-refractivity contribution is -0.136. The summed E-state index contributed by atoms with van der Waals surface area (Å²) in [6.45, 7) is 4.01. The zero-order chi connectivity index (χ0) is 17.9. The molecule has 2 atom stereocenters. The summed E-state index contributed by atoms with van der Waals surface area (Å²) >= 11 is 0. The molecule has 0 bridgehead atoms. The Bertz CT molecular complexity index is 620. The normalized spacial score (nSPS) is 26.7. The van der Waals surface area contributed by atoms with Gasteiger partial charge in [-0.2, -0.15) is 0 Å². The number of hydrogen-bond acceptors (Lipinski definition) is 4. The molecule has 2 aliphatic rings. The van der Waals surface area contributed by atoms with E-state index in [2.05, 4.69) is 10.6 Å². The van der Waals surface area contributed by atoms with Gasteiger partial charge in [0.05, 0.1) is 11.6 Å². The Morgan fingerprint density at radius 2 is 1.88 bits per heavy atom. The lowest BCUT2D eigenvalue weighted by Gasteiger charge is -2.44. The fourth-order valence-corrected chi connectivity index (χ4v) is 3.93. The maximum atomic E-state index is 12.9. The minimum atomic E-state index is -0.749. The van der Waals surface area contributed by atoms with Crippen molar-refractivity contribution in [2.75, 3.05) is 26.2 Å². The Morgan fingerprint density at radius 3 is 2.46 bits per heavy atom. The summed E-state index contributed by atoms with van der Waals surface area (Å²) in [5.74, 6) is -0.0698. The van der Waals surface area contributed by atoms with E-state index < -0.39 is 11.6 Å². The van der Waals surface area contributed by atoms with Gasteiger partial charge in [0.2, 0.25) is 11.8 Å². The number of rotatable bonds is 3. The predicted octanol–water partition coefficient (Wildman–Crippen LogP) is 1.03. The van der Waals surface area contributed by atoms with E-state index in [4.69, 9.17) is 0 Å². The summed E-state index contributed by atoms with van der Waals surface area (Å²) in [6.07, 6.45) is 1.32. The fourth-order valence-electron chi connectivity index (χ4n) is 3.93. The maximum Gasteiger partial charge on any atom is 0.224 e. The first-order valence-corrected chi connectivity index (χ1v) is 9.05. The third kappa shape index (κ3) is 4.19. The first-order valence-electron chi connectivity index (χ1n) is 9.05. The lowest BCUT2D eigenvalue weighted by atomic mass is 9.78. The first-order chi connectivity index (χ1) is 12.0. The van der Waals surface area contributed by atoms with Crippen LogP contribution in [0, 0.1) is 5.92 Å². The van der Waals surface area contributed by atoms with Crippen LogP contribution >= 0.6 is 12.4 Å². The predicted molar refractivity (Wildman–Crippen MR) is 102 cm³/mol. The molecule has 26 heavy (non-hydrogen) atoms. The van der Waals surface area contributed by atoms with Crippen LogP contribution in [0.5, 0.6) is 0 Å². The Hall–Kier alpha value is -1.63. The quantitative estimate of drug-likeness (QED) is 0.730. The minimum absolute atomic E-state index is 0. The molecule has 3 N–H and O–H groups in total. The number of aliphatic hydroxyl groups is 1. The molecule has 2 amide bonds. The molecule has 0 saturated carbocycles. The summed E-state index contributed by atoms with van der Waals surface area (Å²) in [4.78, 5) is 26.2. The highest BCUT2D eigenvalue weighted by Gasteiger charge is 2.44. The van der Waals surface area contributed by atoms with Crippen molar-refractivity contribution < 1.29 is 14.7 Å². The summed E-state index contributed by atoms with van der Waals surface area (Å²) in [7, 11) is 0. The number of carbonyl (C=O) groups is 2. The van der Waals surface area contributed by atoms with Gasteiger partial charge in [-0.25, -0.2) is 0 Å². The van der Waals surface area contributed by atoms with Crippen molar-refractivity contribution in [3.05, 3.63) is 35.9 Å². The maximum absolute atomic E-state index is 12.9. The number of hydrogen-bond donors (Lipinski definition) is 3. The Labute approximate surface area is 160 Å². The van der Waals surface area contributed by atoms with Crippen molar-refractivity contribution in [2.45, 2.75) is 37.8 Å². The Balaban J connectivity index is 0.00000243. The molecule has 3 rings (SSSR count). The van der Waals surface area contributed by atoms with Crippen molar-refractivity contribution in [1.29, 1.82) is 0 Å². The highest BCUT2D eigenvalue weighted by Crippen LogP contribution is 2.32. The molecule has 7 heteroatoms. The highest BCUT2D eigenvalue weighted by molar-refractivity contribution is 5.85. The van der Waals surface area contributed by atoms with Gasteiger partial charge in [-0.3, -0.25) is 9.59 Å². The molecule has 1 aromatic rings. The Morgan fingerprint density at radius 1 is 1.23 bits per heavy atom. The topological polar surface area (TPSA) is 81.7 Å². The second-order valence-electron chi connectivity index (χ2n) is 7.08. The molecule has 6 nitrogen and oxygen atoms in total. The minimum Gasteiger partial charge on any atom is -0.389 e. The second kappa shape index (κ2) is 8.84. The van der Waals surface area contributed by atoms with Crippen LogP contribution in [-0.2, 0) is 15.1 Å². The molecule has 144 valence electrons. The Kier molecular flexibility index (Phi) is 7.03. The van der Waals surface area contributed by atoms with E-state index in [9.17, 15) is 14.7 Å². The summed E-state index contributed by atoms with van der Waals surface area (Å²) in [5, 5.41) is 17.1. The van der Waals surface area contributed by atoms with Crippen LogP contribution < -0.4 is 10.6 Å². The number of piperidine rings is 2. The van der Waals surface area contributed by atoms with E-state index in [0.29, 0.717) is 38.9 Å². The largest absolute Gasteiger partial charge is 0.389 e. The third-order valence-corrected chi connectivity index (χ3v) is 5.55. The SMILES string of the molecule is CC(=O)N1CCC(C(=O)N[C@]2(c3ccccc3)CCNC[C@H]2O)CC1.Cl. The standard InChI is InChI=1S/C19H27N3O3.ClH/c1-14(23)22-11-7-15(8-12-22)18(25)21-19(9-10-20-13-17(19)24)16-5-3-2-4-6-16;/h2-6,15,17,20,24H,7-13H2,1H3,(H,21,25);1H/t17-,19+;/m1./s1. The molecular formula is C19H28ClN3O3. The molecule has 0 unspecified atom stereocenters. The number of benzene rings is 1. The molecule has 2 fully saturated rings. The van der Waals surface area contributed by atoms with Crippen LogP contribution in [-0.4, -0.2) is 54.1 Å². The van der Waals surface area contributed by atoms with E-state index in [0.717, 1.165) is 12.1 Å². The van der Waals surface area contributed by atoms with Gasteiger partial charge >= 0.3 is 0 Å². The number of nitrogens with one attached hydrogen (secondary N) is 2. The zero-order valence-corrected chi connectivity index (χ0v) is 15.9. The van der Waals surface area contributed by atoms with Gasteiger partial charge in [-0.15, -0.1) is 12.4 Å². The third-order valence-electron chi connectivity index (χ3n) is 5.55. The van der Waals surface area contributed by atoms with Gasteiger partial charge in [0, 0.05) is 32.5 Å². The zero-order valence-electron chi connectivity index (χ0n) is 15.1. The van der Waals surface area contributed by atoms with E-state index >= 15 is 0 Å². The summed E-state index contributed by atoms with van der Waals surface area (Å²) < 4.78 is 0. The number of halogens is 1. The monoisotopic (exact) mass is 381 g/mol. The lowest BCUT2D eigenvalue weighted by Crippen LogP contribution is -2.62. The van der Waals surface area contributed by atoms with E-state index in [1.54, 1.807) is 11.8 Å². The highest BCUT2D eigenvalue weighted by atomic mass is 35.5. The summed E-state index contributed by atoms with van der Waals surface area (Å²) in [5.41, 5.74) is 0.194. The number of amides is 2. The number of carbonyl (C=O) groups excluding carboxylic acids is 2. The van der Waals surface area contributed by atoms with Crippen molar-refractivity contribution in [3.63, 3.8) is 0 Å². The first kappa shape index (κ1) is 20.7. The van der Waals surface area contributed by atoms with Gasteiger partial charge < -0.3 is 20.6 Å². The van der Waals surface area contributed by atoms with Crippen LogP contribution in [0.2, 0.25) is 0 Å². The van der Waals surface area contributed by atoms with E-state index in [-0.39, 0.29) is 30.1 Å². The molecule has 0 spiro atoms. The van der Waals surface area contributed by atoms with Crippen molar-refractivity contribution in [2.24, 2.45) is 5.92 Å². The average molecular weight is 382 g/mol. The van der Waals surface area contributed by atoms with Crippen LogP contribution in [0.4, 0.5) is 0 Å². The molecule has 2 aliphatic heterocycles. The van der Waals surface area contributed by atoms with Crippen molar-refractivity contribution in [3.8, 4) is 0 Å². The molecule has 0 aromatic heterocycles. The van der Waals surface area contributed by atoms with Gasteiger partial charge in [0.25, 0.3) is 0 Å². The van der Waals surface area contributed by atoms with Gasteiger partial charge in [0.15, 0.2) is 0 Å². The van der Waals surface area contributed by atoms with Gasteiger partial charge in [-0.05, 0) is 31.4 Å². The molecule has 1 aromatic carbocycles. The van der Waals surface area contributed by atoms with Crippen LogP contribution in [0.15, 0.2) is 30.3 Å². The van der Waals surface area contributed by atoms with Gasteiger partial charge in [0.1, 0.15) is 0 Å². The number of nitrogens with zero attached hydrogens (tertiary/aromatic N) is 1. The van der Waals surface area contributed by atoms with Gasteiger partial charge in [-0.1, -0.05) is 30.3 Å². The van der Waals surface area contributed by atoms with E-state index in [1.807, 2.05) is 30.3 Å². The van der Waals surface area contributed by atoms with Crippen molar-refractivity contribution in [1.82, 2.24) is 15.5 Å². The second-order valence-corrected chi connectivity index (χ2v) is 7.08. The molecule has 2 saturated heterocycles. The molecule has 0 aliphatic carbocycles. The van der Waals surface area contributed by atoms with E-state index in [1.165, 1.54) is 0 Å². The van der Waals surface area contributed by atoms with Crippen LogP contribution in [0.25, 0.3) is 0 Å². The summed E-state index contributed by atoms with van der Waals surface area (Å²) in [6, 6.07) is 9.73.